The van der Waals surface area contributed by atoms with E-state index in [1.807, 2.05) is 11.3 Å². The van der Waals surface area contributed by atoms with Gasteiger partial charge in [0.25, 0.3) is 0 Å². The third-order valence-corrected chi connectivity index (χ3v) is 8.10. The second kappa shape index (κ2) is 10.5. The van der Waals surface area contributed by atoms with Crippen molar-refractivity contribution in [2.45, 2.75) is 70.5 Å². The molecule has 1 aromatic rings. The van der Waals surface area contributed by atoms with Crippen molar-refractivity contribution in [2.75, 3.05) is 45.9 Å². The molecule has 5 heteroatoms. The summed E-state index contributed by atoms with van der Waals surface area (Å²) in [5.41, 5.74) is 0. The van der Waals surface area contributed by atoms with Gasteiger partial charge in [-0.25, -0.2) is 0 Å². The third kappa shape index (κ3) is 5.79. The average Bonchev–Trinajstić information content (AvgIpc) is 3.38. The summed E-state index contributed by atoms with van der Waals surface area (Å²) < 4.78 is 0. The molecule has 0 spiro atoms. The van der Waals surface area contributed by atoms with Gasteiger partial charge < -0.3 is 5.11 Å². The highest BCUT2D eigenvalue weighted by Gasteiger charge is 2.29. The highest BCUT2D eigenvalue weighted by atomic mass is 32.1. The molecule has 2 aliphatic heterocycles. The lowest BCUT2D eigenvalue weighted by Crippen LogP contribution is -2.54. The highest BCUT2D eigenvalue weighted by Crippen LogP contribution is 2.27. The first-order valence-electron chi connectivity index (χ1n) is 11.7. The van der Waals surface area contributed by atoms with E-state index in [2.05, 4.69) is 26.8 Å². The van der Waals surface area contributed by atoms with Crippen molar-refractivity contribution in [3.63, 3.8) is 0 Å². The Morgan fingerprint density at radius 3 is 2.29 bits per heavy atom. The van der Waals surface area contributed by atoms with E-state index in [9.17, 15) is 5.11 Å². The fraction of sp³-hybridized carbons (Fsp3) is 0.826. The Hall–Kier alpha value is -0.460. The van der Waals surface area contributed by atoms with Crippen molar-refractivity contribution in [3.8, 4) is 0 Å². The van der Waals surface area contributed by atoms with Crippen LogP contribution in [-0.2, 0) is 13.1 Å². The Morgan fingerprint density at radius 1 is 0.857 bits per heavy atom. The van der Waals surface area contributed by atoms with Crippen LogP contribution in [-0.4, -0.2) is 71.7 Å². The molecule has 2 saturated heterocycles. The molecule has 0 bridgehead atoms. The quantitative estimate of drug-likeness (QED) is 0.713. The summed E-state index contributed by atoms with van der Waals surface area (Å²) in [5, 5.41) is 9.61. The second-order valence-electron chi connectivity index (χ2n) is 9.25. The SMILES string of the molecule is OCCC1CN(Cc2ccc(CN3CCCC3)s2)CCN1CC1CCCCC1. The normalized spacial score (nSPS) is 26.2. The predicted octanol–water partition coefficient (Wildman–Crippen LogP) is 3.79. The van der Waals surface area contributed by atoms with Gasteiger partial charge in [0.05, 0.1) is 0 Å². The van der Waals surface area contributed by atoms with E-state index < -0.39 is 0 Å². The summed E-state index contributed by atoms with van der Waals surface area (Å²) in [6.07, 6.45) is 10.8. The molecular formula is C23H39N3OS. The van der Waals surface area contributed by atoms with Crippen molar-refractivity contribution < 1.29 is 5.11 Å². The number of aliphatic hydroxyl groups is 1. The number of thiophene rings is 1. The number of hydrogen-bond donors (Lipinski definition) is 1. The summed E-state index contributed by atoms with van der Waals surface area (Å²) in [7, 11) is 0. The molecule has 3 fully saturated rings. The third-order valence-electron chi connectivity index (χ3n) is 7.04. The molecule has 4 nitrogen and oxygen atoms in total. The van der Waals surface area contributed by atoms with Crippen LogP contribution in [0.15, 0.2) is 12.1 Å². The van der Waals surface area contributed by atoms with Gasteiger partial charge in [0.2, 0.25) is 0 Å². The van der Waals surface area contributed by atoms with Gasteiger partial charge in [-0.05, 0) is 63.2 Å². The minimum atomic E-state index is 0.318. The van der Waals surface area contributed by atoms with Gasteiger partial charge in [0, 0.05) is 61.7 Å². The number of hydrogen-bond acceptors (Lipinski definition) is 5. The van der Waals surface area contributed by atoms with Crippen LogP contribution < -0.4 is 0 Å². The Balaban J connectivity index is 1.28. The molecule has 3 heterocycles. The van der Waals surface area contributed by atoms with Crippen molar-refractivity contribution >= 4 is 11.3 Å². The van der Waals surface area contributed by atoms with Crippen molar-refractivity contribution in [1.82, 2.24) is 14.7 Å². The van der Waals surface area contributed by atoms with Crippen LogP contribution in [0, 0.1) is 5.92 Å². The van der Waals surface area contributed by atoms with Gasteiger partial charge in [0.15, 0.2) is 0 Å². The Labute approximate surface area is 175 Å². The van der Waals surface area contributed by atoms with Crippen LogP contribution in [0.5, 0.6) is 0 Å². The van der Waals surface area contributed by atoms with Gasteiger partial charge in [-0.1, -0.05) is 19.3 Å². The number of nitrogens with zero attached hydrogens (tertiary/aromatic N) is 3. The molecule has 3 aliphatic rings. The maximum atomic E-state index is 9.61. The molecule has 1 N–H and O–H groups in total. The lowest BCUT2D eigenvalue weighted by Gasteiger charge is -2.43. The van der Waals surface area contributed by atoms with Crippen molar-refractivity contribution in [1.29, 1.82) is 0 Å². The van der Waals surface area contributed by atoms with Gasteiger partial charge in [-0.2, -0.15) is 0 Å². The van der Waals surface area contributed by atoms with E-state index in [-0.39, 0.29) is 0 Å². The largest absolute Gasteiger partial charge is 0.396 e. The topological polar surface area (TPSA) is 30.0 Å². The van der Waals surface area contributed by atoms with Crippen LogP contribution in [0.4, 0.5) is 0 Å². The fourth-order valence-electron chi connectivity index (χ4n) is 5.44. The summed E-state index contributed by atoms with van der Waals surface area (Å²) in [6.45, 7) is 9.83. The van der Waals surface area contributed by atoms with Crippen LogP contribution in [0.1, 0.15) is 61.1 Å². The molecule has 1 unspecified atom stereocenters. The number of piperazine rings is 1. The summed E-state index contributed by atoms with van der Waals surface area (Å²) in [5.74, 6) is 0.895. The van der Waals surface area contributed by atoms with Crippen molar-refractivity contribution in [2.24, 2.45) is 5.92 Å². The van der Waals surface area contributed by atoms with Crippen LogP contribution in [0.3, 0.4) is 0 Å². The smallest absolute Gasteiger partial charge is 0.0446 e. The summed E-state index contributed by atoms with van der Waals surface area (Å²) in [4.78, 5) is 11.0. The predicted molar refractivity (Wildman–Crippen MR) is 118 cm³/mol. The van der Waals surface area contributed by atoms with Crippen molar-refractivity contribution in [3.05, 3.63) is 21.9 Å². The van der Waals surface area contributed by atoms with Gasteiger partial charge in [-0.3, -0.25) is 14.7 Å². The summed E-state index contributed by atoms with van der Waals surface area (Å²) in [6, 6.07) is 5.23. The molecule has 1 aromatic heterocycles. The number of aliphatic hydroxyl groups excluding tert-OH is 1. The molecule has 28 heavy (non-hydrogen) atoms. The van der Waals surface area contributed by atoms with Crippen LogP contribution in [0.25, 0.3) is 0 Å². The van der Waals surface area contributed by atoms with E-state index in [1.165, 1.54) is 87.4 Å². The van der Waals surface area contributed by atoms with E-state index in [0.29, 0.717) is 12.6 Å². The van der Waals surface area contributed by atoms with E-state index in [0.717, 1.165) is 32.0 Å². The number of rotatable bonds is 8. The standard InChI is InChI=1S/C23H39N3OS/c27-15-10-21-17-25(13-14-26(21)16-20-6-2-1-3-7-20)19-23-9-8-22(28-23)18-24-11-4-5-12-24/h8-9,20-21,27H,1-7,10-19H2. The molecule has 0 amide bonds. The van der Waals surface area contributed by atoms with E-state index in [1.54, 1.807) is 0 Å². The Kier molecular flexibility index (Phi) is 7.82. The Morgan fingerprint density at radius 2 is 1.57 bits per heavy atom. The van der Waals surface area contributed by atoms with Gasteiger partial charge >= 0.3 is 0 Å². The fourth-order valence-corrected chi connectivity index (χ4v) is 6.54. The number of likely N-dealkylation sites (tertiary alicyclic amines) is 1. The maximum Gasteiger partial charge on any atom is 0.0446 e. The minimum Gasteiger partial charge on any atom is -0.396 e. The first kappa shape index (κ1) is 20.8. The first-order chi connectivity index (χ1) is 13.8. The van der Waals surface area contributed by atoms with Crippen LogP contribution in [0.2, 0.25) is 0 Å². The molecule has 1 atom stereocenters. The molecular weight excluding hydrogens is 366 g/mol. The zero-order valence-corrected chi connectivity index (χ0v) is 18.3. The lowest BCUT2D eigenvalue weighted by atomic mass is 9.88. The lowest BCUT2D eigenvalue weighted by molar-refractivity contribution is 0.0404. The monoisotopic (exact) mass is 405 g/mol. The minimum absolute atomic E-state index is 0.318. The zero-order chi connectivity index (χ0) is 19.2. The Bertz CT molecular complexity index is 580. The molecule has 0 aromatic carbocycles. The maximum absolute atomic E-state index is 9.61. The van der Waals surface area contributed by atoms with E-state index in [4.69, 9.17) is 0 Å². The first-order valence-corrected chi connectivity index (χ1v) is 12.5. The highest BCUT2D eigenvalue weighted by molar-refractivity contribution is 7.11. The van der Waals surface area contributed by atoms with E-state index >= 15 is 0 Å². The molecule has 158 valence electrons. The average molecular weight is 406 g/mol. The molecule has 1 aliphatic carbocycles. The second-order valence-corrected chi connectivity index (χ2v) is 10.5. The van der Waals surface area contributed by atoms with Gasteiger partial charge in [-0.15, -0.1) is 11.3 Å². The van der Waals surface area contributed by atoms with Crippen LogP contribution >= 0.6 is 11.3 Å². The molecule has 4 rings (SSSR count). The zero-order valence-electron chi connectivity index (χ0n) is 17.5. The molecule has 1 saturated carbocycles. The molecule has 0 radical (unpaired) electrons. The van der Waals surface area contributed by atoms with Gasteiger partial charge in [0.1, 0.15) is 0 Å². The summed E-state index contributed by atoms with van der Waals surface area (Å²) >= 11 is 2.01.